The molecule has 164 valence electrons. The van der Waals surface area contributed by atoms with E-state index in [2.05, 4.69) is 20.8 Å². The monoisotopic (exact) mass is 433 g/mol. The van der Waals surface area contributed by atoms with Crippen LogP contribution < -0.4 is 19.5 Å². The highest BCUT2D eigenvalue weighted by Crippen LogP contribution is 2.45. The standard InChI is InChI=1S/C23H23N5O4/c1-30-16-7-4-13(5-8-16)15-10-17-21(18(29)11-15)22(28-23(24-17)25-26-27-28)14-6-9-19(31-2)20(12-14)32-3/h4-9,12,15,22H,10-11H2,1-3H3,(H,24,25,27)/t15-,22+/m0/s1. The molecule has 0 saturated carbocycles. The summed E-state index contributed by atoms with van der Waals surface area (Å²) in [6, 6.07) is 13.0. The van der Waals surface area contributed by atoms with Crippen LogP contribution in [0.1, 0.15) is 35.9 Å². The summed E-state index contributed by atoms with van der Waals surface area (Å²) < 4.78 is 17.8. The third-order valence-electron chi connectivity index (χ3n) is 6.09. The first-order valence-corrected chi connectivity index (χ1v) is 10.3. The number of tetrazole rings is 1. The molecule has 3 aromatic rings. The van der Waals surface area contributed by atoms with Crippen LogP contribution in [0.5, 0.6) is 17.2 Å². The van der Waals surface area contributed by atoms with Crippen molar-refractivity contribution in [2.75, 3.05) is 26.6 Å². The molecular weight excluding hydrogens is 410 g/mol. The van der Waals surface area contributed by atoms with Crippen molar-refractivity contribution in [3.63, 3.8) is 0 Å². The van der Waals surface area contributed by atoms with E-state index >= 15 is 0 Å². The number of aromatic nitrogens is 4. The van der Waals surface area contributed by atoms with E-state index in [9.17, 15) is 4.79 Å². The van der Waals surface area contributed by atoms with E-state index in [0.717, 1.165) is 22.6 Å². The summed E-state index contributed by atoms with van der Waals surface area (Å²) in [7, 11) is 4.81. The minimum absolute atomic E-state index is 0.0631. The van der Waals surface area contributed by atoms with E-state index in [1.807, 2.05) is 42.5 Å². The fourth-order valence-electron chi connectivity index (χ4n) is 4.52. The van der Waals surface area contributed by atoms with Crippen molar-refractivity contribution in [1.29, 1.82) is 0 Å². The van der Waals surface area contributed by atoms with Gasteiger partial charge in [-0.1, -0.05) is 23.3 Å². The maximum atomic E-state index is 13.5. The topological polar surface area (TPSA) is 100 Å². The molecule has 9 heteroatoms. The van der Waals surface area contributed by atoms with Crippen LogP contribution in [0.25, 0.3) is 0 Å². The summed E-state index contributed by atoms with van der Waals surface area (Å²) >= 11 is 0. The lowest BCUT2D eigenvalue weighted by Crippen LogP contribution is -2.33. The molecule has 32 heavy (non-hydrogen) atoms. The lowest BCUT2D eigenvalue weighted by atomic mass is 9.78. The van der Waals surface area contributed by atoms with Crippen LogP contribution in [0.2, 0.25) is 0 Å². The molecule has 0 unspecified atom stereocenters. The highest BCUT2D eigenvalue weighted by Gasteiger charge is 2.40. The number of nitrogens with one attached hydrogen (secondary N) is 1. The SMILES string of the molecule is COc1ccc([C@@H]2CC(=O)C3=C(C2)Nc2nnnn2[C@@H]3c2ccc(OC)c(OC)c2)cc1. The summed E-state index contributed by atoms with van der Waals surface area (Å²) in [5.74, 6) is 2.63. The fourth-order valence-corrected chi connectivity index (χ4v) is 4.52. The van der Waals surface area contributed by atoms with Gasteiger partial charge in [-0.15, -0.1) is 0 Å². The predicted molar refractivity (Wildman–Crippen MR) is 116 cm³/mol. The lowest BCUT2D eigenvalue weighted by Gasteiger charge is -2.34. The van der Waals surface area contributed by atoms with Crippen LogP contribution >= 0.6 is 0 Å². The van der Waals surface area contributed by atoms with E-state index in [1.165, 1.54) is 0 Å². The second kappa shape index (κ2) is 7.99. The Morgan fingerprint density at radius 3 is 2.41 bits per heavy atom. The highest BCUT2D eigenvalue weighted by atomic mass is 16.5. The number of hydrogen-bond donors (Lipinski definition) is 1. The highest BCUT2D eigenvalue weighted by molar-refractivity contribution is 6.00. The van der Waals surface area contributed by atoms with Gasteiger partial charge < -0.3 is 19.5 Å². The van der Waals surface area contributed by atoms with E-state index in [1.54, 1.807) is 26.0 Å². The molecule has 1 aliphatic heterocycles. The zero-order valence-electron chi connectivity index (χ0n) is 18.0. The number of ketones is 1. The molecule has 9 nitrogen and oxygen atoms in total. The Labute approximate surface area is 185 Å². The molecule has 0 saturated heterocycles. The summed E-state index contributed by atoms with van der Waals surface area (Å²) in [6.45, 7) is 0. The average molecular weight is 433 g/mol. The first kappa shape index (κ1) is 20.0. The Kier molecular flexibility index (Phi) is 5.01. The van der Waals surface area contributed by atoms with Gasteiger partial charge in [0, 0.05) is 17.7 Å². The van der Waals surface area contributed by atoms with Crippen LogP contribution in [0, 0.1) is 0 Å². The van der Waals surface area contributed by atoms with E-state index in [4.69, 9.17) is 14.2 Å². The average Bonchev–Trinajstić information content (AvgIpc) is 3.30. The maximum Gasteiger partial charge on any atom is 0.248 e. The molecule has 2 aliphatic rings. The number of nitrogens with zero attached hydrogens (tertiary/aromatic N) is 4. The van der Waals surface area contributed by atoms with Gasteiger partial charge in [-0.25, -0.2) is 0 Å². The minimum Gasteiger partial charge on any atom is -0.497 e. The molecule has 2 atom stereocenters. The third kappa shape index (κ3) is 3.26. The van der Waals surface area contributed by atoms with Gasteiger partial charge in [0.25, 0.3) is 0 Å². The number of methoxy groups -OCH3 is 3. The Morgan fingerprint density at radius 1 is 0.938 bits per heavy atom. The van der Waals surface area contributed by atoms with Crippen molar-refractivity contribution >= 4 is 11.7 Å². The molecule has 0 fully saturated rings. The van der Waals surface area contributed by atoms with E-state index in [0.29, 0.717) is 35.9 Å². The van der Waals surface area contributed by atoms with Crippen LogP contribution in [0.4, 0.5) is 5.95 Å². The van der Waals surface area contributed by atoms with Gasteiger partial charge >= 0.3 is 0 Å². The molecule has 0 bridgehead atoms. The van der Waals surface area contributed by atoms with Gasteiger partial charge in [-0.05, 0) is 58.2 Å². The predicted octanol–water partition coefficient (Wildman–Crippen LogP) is 3.11. The van der Waals surface area contributed by atoms with E-state index < -0.39 is 6.04 Å². The number of Topliss-reactive ketones (excluding diaryl/α,β-unsaturated/α-hetero) is 1. The molecule has 2 aromatic carbocycles. The Balaban J connectivity index is 1.56. The number of carbonyl (C=O) groups is 1. The molecule has 1 aliphatic carbocycles. The molecule has 1 N–H and O–H groups in total. The molecule has 2 heterocycles. The van der Waals surface area contributed by atoms with Crippen LogP contribution in [-0.4, -0.2) is 47.3 Å². The van der Waals surface area contributed by atoms with Crippen molar-refractivity contribution < 1.29 is 19.0 Å². The van der Waals surface area contributed by atoms with Gasteiger partial charge in [0.2, 0.25) is 5.95 Å². The fraction of sp³-hybridized carbons (Fsp3) is 0.304. The van der Waals surface area contributed by atoms with Gasteiger partial charge in [0.15, 0.2) is 17.3 Å². The quantitative estimate of drug-likeness (QED) is 0.655. The van der Waals surface area contributed by atoms with Crippen molar-refractivity contribution in [2.24, 2.45) is 0 Å². The Morgan fingerprint density at radius 2 is 1.69 bits per heavy atom. The normalized spacial score (nSPS) is 19.7. The van der Waals surface area contributed by atoms with Crippen LogP contribution in [0.15, 0.2) is 53.7 Å². The summed E-state index contributed by atoms with van der Waals surface area (Å²) in [5.41, 5.74) is 3.48. The zero-order valence-corrected chi connectivity index (χ0v) is 18.0. The largest absolute Gasteiger partial charge is 0.497 e. The van der Waals surface area contributed by atoms with Crippen LogP contribution in [0.3, 0.4) is 0 Å². The first-order chi connectivity index (χ1) is 15.6. The number of fused-ring (bicyclic) bond motifs is 1. The molecule has 1 aromatic heterocycles. The summed E-state index contributed by atoms with van der Waals surface area (Å²) in [6.07, 6.45) is 1.10. The summed E-state index contributed by atoms with van der Waals surface area (Å²) in [4.78, 5) is 13.5. The Bertz CT molecular complexity index is 1200. The number of carbonyl (C=O) groups excluding carboxylic acids is 1. The van der Waals surface area contributed by atoms with Crippen molar-refractivity contribution in [3.05, 3.63) is 64.9 Å². The number of benzene rings is 2. The Hall–Kier alpha value is -3.88. The van der Waals surface area contributed by atoms with Gasteiger partial charge in [0.1, 0.15) is 11.8 Å². The van der Waals surface area contributed by atoms with Gasteiger partial charge in [0.05, 0.1) is 21.3 Å². The lowest BCUT2D eigenvalue weighted by molar-refractivity contribution is -0.116. The van der Waals surface area contributed by atoms with Gasteiger partial charge in [-0.2, -0.15) is 4.68 Å². The number of allylic oxidation sites excluding steroid dienone is 2. The second-order valence-corrected chi connectivity index (χ2v) is 7.78. The molecule has 0 spiro atoms. The molecule has 0 radical (unpaired) electrons. The maximum absolute atomic E-state index is 13.5. The van der Waals surface area contributed by atoms with Crippen molar-refractivity contribution in [3.8, 4) is 17.2 Å². The number of hydrogen-bond acceptors (Lipinski definition) is 8. The second-order valence-electron chi connectivity index (χ2n) is 7.78. The summed E-state index contributed by atoms with van der Waals surface area (Å²) in [5, 5.41) is 15.4. The zero-order chi connectivity index (χ0) is 22.2. The number of anilines is 1. The van der Waals surface area contributed by atoms with Crippen molar-refractivity contribution in [2.45, 2.75) is 24.8 Å². The van der Waals surface area contributed by atoms with E-state index in [-0.39, 0.29) is 11.7 Å². The molecular formula is C23H23N5O4. The number of rotatable bonds is 5. The smallest absolute Gasteiger partial charge is 0.248 e. The third-order valence-corrected chi connectivity index (χ3v) is 6.09. The van der Waals surface area contributed by atoms with Crippen molar-refractivity contribution in [1.82, 2.24) is 20.2 Å². The minimum atomic E-state index is -0.444. The molecule has 0 amide bonds. The number of ether oxygens (including phenoxy) is 3. The molecule has 5 rings (SSSR count). The first-order valence-electron chi connectivity index (χ1n) is 10.3. The van der Waals surface area contributed by atoms with Gasteiger partial charge in [-0.3, -0.25) is 4.79 Å². The van der Waals surface area contributed by atoms with Crippen LogP contribution in [-0.2, 0) is 4.79 Å².